The van der Waals surface area contributed by atoms with E-state index in [0.29, 0.717) is 29.5 Å². The summed E-state index contributed by atoms with van der Waals surface area (Å²) in [5.41, 5.74) is 0.580. The number of pyridine rings is 1. The number of aryl methyl sites for hydroxylation is 1. The Morgan fingerprint density at radius 2 is 2.12 bits per heavy atom. The van der Waals surface area contributed by atoms with Crippen LogP contribution in [0.25, 0.3) is 10.9 Å². The average Bonchev–Trinajstić information content (AvgIpc) is 2.61. The minimum absolute atomic E-state index is 0.0308. The molecule has 0 aliphatic carbocycles. The van der Waals surface area contributed by atoms with Gasteiger partial charge in [-0.05, 0) is 38.1 Å². The van der Waals surface area contributed by atoms with Gasteiger partial charge in [0.05, 0.1) is 29.4 Å². The smallest absolute Gasteiger partial charge is 0.261 e. The number of phenolic OH excluding ortho intramolecular Hbond substituents is 1. The van der Waals surface area contributed by atoms with Gasteiger partial charge in [-0.25, -0.2) is 9.97 Å². The van der Waals surface area contributed by atoms with Crippen molar-refractivity contribution in [2.45, 2.75) is 20.4 Å². The highest BCUT2D eigenvalue weighted by molar-refractivity contribution is 5.90. The molecule has 1 amide bonds. The van der Waals surface area contributed by atoms with Gasteiger partial charge in [0.25, 0.3) is 5.56 Å². The Kier molecular flexibility index (Phi) is 4.83. The molecule has 8 nitrogen and oxygen atoms in total. The van der Waals surface area contributed by atoms with Gasteiger partial charge < -0.3 is 15.2 Å². The minimum atomic E-state index is -0.387. The molecule has 0 saturated carbocycles. The van der Waals surface area contributed by atoms with Gasteiger partial charge in [0.1, 0.15) is 18.1 Å². The number of nitrogens with one attached hydrogen (secondary N) is 1. The Morgan fingerprint density at radius 3 is 2.81 bits per heavy atom. The van der Waals surface area contributed by atoms with E-state index >= 15 is 0 Å². The summed E-state index contributed by atoms with van der Waals surface area (Å²) in [6.45, 7) is 3.82. The predicted molar refractivity (Wildman–Crippen MR) is 96.4 cm³/mol. The van der Waals surface area contributed by atoms with Crippen LogP contribution in [0.1, 0.15) is 12.7 Å². The van der Waals surface area contributed by atoms with E-state index in [4.69, 9.17) is 4.74 Å². The molecular weight excluding hydrogens is 336 g/mol. The van der Waals surface area contributed by atoms with Gasteiger partial charge in [-0.1, -0.05) is 0 Å². The Hall–Kier alpha value is -3.42. The van der Waals surface area contributed by atoms with Crippen LogP contribution in [0.2, 0.25) is 0 Å². The van der Waals surface area contributed by atoms with Crippen LogP contribution in [-0.2, 0) is 11.3 Å². The molecule has 0 atom stereocenters. The first kappa shape index (κ1) is 17.4. The predicted octanol–water partition coefficient (Wildman–Crippen LogP) is 1.84. The Balaban J connectivity index is 1.81. The molecule has 3 aromatic rings. The molecule has 0 aliphatic rings. The summed E-state index contributed by atoms with van der Waals surface area (Å²) in [6, 6.07) is 7.69. The summed E-state index contributed by atoms with van der Waals surface area (Å²) < 4.78 is 6.51. The molecule has 26 heavy (non-hydrogen) atoms. The van der Waals surface area contributed by atoms with Crippen LogP contribution < -0.4 is 15.6 Å². The number of anilines is 1. The topological polar surface area (TPSA) is 106 Å². The summed E-state index contributed by atoms with van der Waals surface area (Å²) in [7, 11) is 0. The zero-order chi connectivity index (χ0) is 18.7. The van der Waals surface area contributed by atoms with Gasteiger partial charge in [-0.2, -0.15) is 0 Å². The first-order chi connectivity index (χ1) is 12.5. The van der Waals surface area contributed by atoms with E-state index in [1.807, 2.05) is 6.92 Å². The molecule has 134 valence electrons. The number of carbonyl (C=O) groups is 1. The summed E-state index contributed by atoms with van der Waals surface area (Å²) in [5, 5.41) is 12.5. The van der Waals surface area contributed by atoms with Gasteiger partial charge in [0.2, 0.25) is 11.8 Å². The minimum Gasteiger partial charge on any atom is -0.508 e. The fraction of sp³-hybridized carbons (Fsp3) is 0.222. The molecule has 0 spiro atoms. The molecule has 1 aromatic carbocycles. The summed E-state index contributed by atoms with van der Waals surface area (Å²) in [5.74, 6) is 0.462. The number of fused-ring (bicyclic) bond motifs is 1. The molecule has 0 unspecified atom stereocenters. The zero-order valence-corrected chi connectivity index (χ0v) is 14.4. The highest BCUT2D eigenvalue weighted by Gasteiger charge is 2.12. The lowest BCUT2D eigenvalue weighted by Crippen LogP contribution is -2.30. The fourth-order valence-electron chi connectivity index (χ4n) is 2.54. The van der Waals surface area contributed by atoms with E-state index < -0.39 is 0 Å². The van der Waals surface area contributed by atoms with Crippen molar-refractivity contribution in [1.82, 2.24) is 14.5 Å². The van der Waals surface area contributed by atoms with E-state index in [9.17, 15) is 14.7 Å². The Morgan fingerprint density at radius 1 is 1.31 bits per heavy atom. The van der Waals surface area contributed by atoms with Crippen molar-refractivity contribution in [2.24, 2.45) is 0 Å². The molecular formula is C18H18N4O4. The van der Waals surface area contributed by atoms with E-state index in [1.54, 1.807) is 25.1 Å². The van der Waals surface area contributed by atoms with Gasteiger partial charge in [0.15, 0.2) is 0 Å². The molecule has 0 bridgehead atoms. The van der Waals surface area contributed by atoms with Crippen LogP contribution in [0.15, 0.2) is 41.3 Å². The number of nitrogens with zero attached hydrogens (tertiary/aromatic N) is 3. The number of phenols is 1. The standard InChI is InChI=1S/C18H18N4O4/c1-3-26-17-7-4-12(9-19-17)21-16(24)10-22-11(2)20-15-6-5-13(23)8-14(15)18(22)25/h4-9,23H,3,10H2,1-2H3,(H,21,24). The van der Waals surface area contributed by atoms with E-state index in [1.165, 1.54) is 22.9 Å². The average molecular weight is 354 g/mol. The first-order valence-corrected chi connectivity index (χ1v) is 8.07. The number of ether oxygens (including phenoxy) is 1. The number of aromatic hydroxyl groups is 1. The van der Waals surface area contributed by atoms with Crippen LogP contribution in [0.3, 0.4) is 0 Å². The maximum atomic E-state index is 12.6. The molecule has 0 radical (unpaired) electrons. The van der Waals surface area contributed by atoms with Crippen molar-refractivity contribution in [3.05, 3.63) is 52.7 Å². The number of amides is 1. The lowest BCUT2D eigenvalue weighted by Gasteiger charge is -2.11. The summed E-state index contributed by atoms with van der Waals surface area (Å²) in [6.07, 6.45) is 1.48. The van der Waals surface area contributed by atoms with E-state index in [0.717, 1.165) is 0 Å². The fourth-order valence-corrected chi connectivity index (χ4v) is 2.54. The monoisotopic (exact) mass is 354 g/mol. The molecule has 3 rings (SSSR count). The van der Waals surface area contributed by atoms with Gasteiger partial charge >= 0.3 is 0 Å². The third-order valence-electron chi connectivity index (χ3n) is 3.74. The van der Waals surface area contributed by atoms with Gasteiger partial charge in [-0.3, -0.25) is 14.2 Å². The van der Waals surface area contributed by atoms with Crippen molar-refractivity contribution in [2.75, 3.05) is 11.9 Å². The summed E-state index contributed by atoms with van der Waals surface area (Å²) in [4.78, 5) is 33.3. The number of hydrogen-bond acceptors (Lipinski definition) is 6. The van der Waals surface area contributed by atoms with Crippen LogP contribution in [-0.4, -0.2) is 32.2 Å². The third-order valence-corrected chi connectivity index (χ3v) is 3.74. The molecule has 0 saturated heterocycles. The van der Waals surface area contributed by atoms with Crippen LogP contribution in [0.5, 0.6) is 11.6 Å². The second kappa shape index (κ2) is 7.22. The van der Waals surface area contributed by atoms with Crippen molar-refractivity contribution in [3.8, 4) is 11.6 Å². The Labute approximate surface area is 149 Å². The van der Waals surface area contributed by atoms with Crippen LogP contribution in [0, 0.1) is 6.92 Å². The van der Waals surface area contributed by atoms with Crippen molar-refractivity contribution in [3.63, 3.8) is 0 Å². The lowest BCUT2D eigenvalue weighted by molar-refractivity contribution is -0.116. The van der Waals surface area contributed by atoms with Gasteiger partial charge in [0, 0.05) is 6.07 Å². The number of rotatable bonds is 5. The maximum absolute atomic E-state index is 12.6. The molecule has 2 heterocycles. The number of aromatic nitrogens is 3. The molecule has 2 N–H and O–H groups in total. The molecule has 0 aliphatic heterocycles. The van der Waals surface area contributed by atoms with Crippen LogP contribution in [0.4, 0.5) is 5.69 Å². The Bertz CT molecular complexity index is 1010. The second-order valence-corrected chi connectivity index (χ2v) is 5.62. The molecule has 0 fully saturated rings. The number of hydrogen-bond donors (Lipinski definition) is 2. The number of carbonyl (C=O) groups excluding carboxylic acids is 1. The normalized spacial score (nSPS) is 10.7. The second-order valence-electron chi connectivity index (χ2n) is 5.62. The van der Waals surface area contributed by atoms with E-state index in [-0.39, 0.29) is 29.1 Å². The highest BCUT2D eigenvalue weighted by atomic mass is 16.5. The first-order valence-electron chi connectivity index (χ1n) is 8.07. The van der Waals surface area contributed by atoms with Crippen molar-refractivity contribution >= 4 is 22.5 Å². The quantitative estimate of drug-likeness (QED) is 0.724. The third kappa shape index (κ3) is 3.64. The van der Waals surface area contributed by atoms with Crippen molar-refractivity contribution < 1.29 is 14.6 Å². The van der Waals surface area contributed by atoms with Gasteiger partial charge in [-0.15, -0.1) is 0 Å². The lowest BCUT2D eigenvalue weighted by atomic mass is 10.2. The summed E-state index contributed by atoms with van der Waals surface area (Å²) >= 11 is 0. The molecule has 2 aromatic heterocycles. The van der Waals surface area contributed by atoms with Crippen LogP contribution >= 0.6 is 0 Å². The SMILES string of the molecule is CCOc1ccc(NC(=O)Cn2c(C)nc3ccc(O)cc3c2=O)cn1. The maximum Gasteiger partial charge on any atom is 0.261 e. The zero-order valence-electron chi connectivity index (χ0n) is 14.4. The highest BCUT2D eigenvalue weighted by Crippen LogP contribution is 2.16. The van der Waals surface area contributed by atoms with Crippen molar-refractivity contribution in [1.29, 1.82) is 0 Å². The largest absolute Gasteiger partial charge is 0.508 e. The van der Waals surface area contributed by atoms with E-state index in [2.05, 4.69) is 15.3 Å². The number of benzene rings is 1. The molecule has 8 heteroatoms.